The number of carbonyl (C=O) groups is 1. The molecule has 1 heterocycles. The van der Waals surface area contributed by atoms with E-state index in [4.69, 9.17) is 9.47 Å². The van der Waals surface area contributed by atoms with Crippen molar-refractivity contribution >= 4 is 5.97 Å². The Hall–Kier alpha value is -4.13. The van der Waals surface area contributed by atoms with Gasteiger partial charge in [0.05, 0.1) is 11.4 Å². The SMILES string of the molecule is Cc1cc(OCc2nn(-c3ccc(-c4ccccc4)cc3)nc2C)ccc1OC(C)(C)C(=O)O. The first-order valence-electron chi connectivity index (χ1n) is 11.0. The van der Waals surface area contributed by atoms with Gasteiger partial charge in [-0.3, -0.25) is 0 Å². The van der Waals surface area contributed by atoms with Gasteiger partial charge in [0.1, 0.15) is 23.8 Å². The number of nitrogens with zero attached hydrogens (tertiary/aromatic N) is 3. The number of hydrogen-bond acceptors (Lipinski definition) is 5. The second kappa shape index (κ2) is 9.39. The number of aromatic nitrogens is 3. The van der Waals surface area contributed by atoms with E-state index in [0.29, 0.717) is 11.5 Å². The minimum atomic E-state index is -1.32. The highest BCUT2D eigenvalue weighted by Crippen LogP contribution is 2.27. The van der Waals surface area contributed by atoms with Gasteiger partial charge in [-0.2, -0.15) is 9.90 Å². The second-order valence-corrected chi connectivity index (χ2v) is 8.57. The number of hydrogen-bond donors (Lipinski definition) is 1. The van der Waals surface area contributed by atoms with Gasteiger partial charge in [0.15, 0.2) is 5.60 Å². The summed E-state index contributed by atoms with van der Waals surface area (Å²) in [6, 6.07) is 23.6. The van der Waals surface area contributed by atoms with Crippen LogP contribution >= 0.6 is 0 Å². The van der Waals surface area contributed by atoms with E-state index in [9.17, 15) is 9.90 Å². The molecule has 0 aliphatic rings. The third kappa shape index (κ3) is 5.09. The monoisotopic (exact) mass is 457 g/mol. The lowest BCUT2D eigenvalue weighted by molar-refractivity contribution is -0.152. The van der Waals surface area contributed by atoms with Gasteiger partial charge >= 0.3 is 5.97 Å². The van der Waals surface area contributed by atoms with Crippen LogP contribution < -0.4 is 9.47 Å². The molecule has 0 atom stereocenters. The molecule has 0 saturated carbocycles. The summed E-state index contributed by atoms with van der Waals surface area (Å²) in [6.45, 7) is 7.03. The van der Waals surface area contributed by atoms with Gasteiger partial charge < -0.3 is 14.6 Å². The Morgan fingerprint density at radius 3 is 2.26 bits per heavy atom. The molecule has 0 unspecified atom stereocenters. The summed E-state index contributed by atoms with van der Waals surface area (Å²) in [5.41, 5.74) is 4.14. The van der Waals surface area contributed by atoms with Crippen molar-refractivity contribution in [1.82, 2.24) is 15.0 Å². The molecule has 1 aromatic heterocycles. The van der Waals surface area contributed by atoms with Crippen molar-refractivity contribution in [1.29, 1.82) is 0 Å². The van der Waals surface area contributed by atoms with Crippen LogP contribution in [0.25, 0.3) is 16.8 Å². The maximum atomic E-state index is 11.3. The highest BCUT2D eigenvalue weighted by molar-refractivity contribution is 5.76. The fourth-order valence-corrected chi connectivity index (χ4v) is 3.37. The molecular formula is C27H27N3O4. The number of benzene rings is 3. The van der Waals surface area contributed by atoms with E-state index >= 15 is 0 Å². The lowest BCUT2D eigenvalue weighted by Gasteiger charge is -2.23. The Kier molecular flexibility index (Phi) is 6.36. The van der Waals surface area contributed by atoms with E-state index in [2.05, 4.69) is 34.5 Å². The molecule has 34 heavy (non-hydrogen) atoms. The topological polar surface area (TPSA) is 86.5 Å². The molecule has 0 saturated heterocycles. The zero-order chi connectivity index (χ0) is 24.3. The highest BCUT2D eigenvalue weighted by atomic mass is 16.5. The number of ether oxygens (including phenoxy) is 2. The van der Waals surface area contributed by atoms with Crippen molar-refractivity contribution in [2.45, 2.75) is 39.9 Å². The largest absolute Gasteiger partial charge is 0.487 e. The fraction of sp³-hybridized carbons (Fsp3) is 0.222. The summed E-state index contributed by atoms with van der Waals surface area (Å²) in [6.07, 6.45) is 0. The summed E-state index contributed by atoms with van der Waals surface area (Å²) in [7, 11) is 0. The summed E-state index contributed by atoms with van der Waals surface area (Å²) in [5, 5.41) is 18.4. The van der Waals surface area contributed by atoms with E-state index in [1.807, 2.05) is 50.2 Å². The van der Waals surface area contributed by atoms with Crippen molar-refractivity contribution in [3.05, 3.63) is 89.7 Å². The van der Waals surface area contributed by atoms with Gasteiger partial charge in [0, 0.05) is 0 Å². The Labute approximate surface area is 198 Å². The molecular weight excluding hydrogens is 430 g/mol. The zero-order valence-electron chi connectivity index (χ0n) is 19.6. The van der Waals surface area contributed by atoms with Crippen LogP contribution in [0, 0.1) is 13.8 Å². The summed E-state index contributed by atoms with van der Waals surface area (Å²) >= 11 is 0. The third-order valence-electron chi connectivity index (χ3n) is 5.49. The van der Waals surface area contributed by atoms with Crippen molar-refractivity contribution in [3.63, 3.8) is 0 Å². The molecule has 7 heteroatoms. The molecule has 0 spiro atoms. The van der Waals surface area contributed by atoms with Crippen LogP contribution in [0.1, 0.15) is 30.8 Å². The predicted molar refractivity (Wildman–Crippen MR) is 129 cm³/mol. The molecule has 0 radical (unpaired) electrons. The fourth-order valence-electron chi connectivity index (χ4n) is 3.37. The highest BCUT2D eigenvalue weighted by Gasteiger charge is 2.29. The van der Waals surface area contributed by atoms with Crippen LogP contribution in [0.5, 0.6) is 11.5 Å². The van der Waals surface area contributed by atoms with E-state index < -0.39 is 11.6 Å². The predicted octanol–water partition coefficient (Wildman–Crippen LogP) is 5.37. The molecule has 1 N–H and O–H groups in total. The van der Waals surface area contributed by atoms with Gasteiger partial charge in [0.25, 0.3) is 0 Å². The second-order valence-electron chi connectivity index (χ2n) is 8.57. The maximum Gasteiger partial charge on any atom is 0.347 e. The van der Waals surface area contributed by atoms with Crippen molar-refractivity contribution < 1.29 is 19.4 Å². The summed E-state index contributed by atoms with van der Waals surface area (Å²) in [5.74, 6) is 0.112. The van der Waals surface area contributed by atoms with Gasteiger partial charge in [-0.25, -0.2) is 4.79 Å². The van der Waals surface area contributed by atoms with Crippen LogP contribution in [0.3, 0.4) is 0 Å². The molecule has 7 nitrogen and oxygen atoms in total. The molecule has 0 aliphatic carbocycles. The summed E-state index contributed by atoms with van der Waals surface area (Å²) in [4.78, 5) is 12.9. The van der Waals surface area contributed by atoms with Gasteiger partial charge in [-0.1, -0.05) is 42.5 Å². The number of aliphatic carboxylic acids is 1. The molecule has 0 fully saturated rings. The van der Waals surface area contributed by atoms with Gasteiger partial charge in [-0.05, 0) is 74.7 Å². The Morgan fingerprint density at radius 1 is 0.941 bits per heavy atom. The molecule has 174 valence electrons. The van der Waals surface area contributed by atoms with Crippen LogP contribution in [0.2, 0.25) is 0 Å². The normalized spacial score (nSPS) is 11.3. The van der Waals surface area contributed by atoms with Crippen LogP contribution in [-0.2, 0) is 11.4 Å². The number of aryl methyl sites for hydroxylation is 2. The van der Waals surface area contributed by atoms with Crippen molar-refractivity contribution in [3.8, 4) is 28.3 Å². The van der Waals surface area contributed by atoms with Gasteiger partial charge in [-0.15, -0.1) is 5.10 Å². The smallest absolute Gasteiger partial charge is 0.347 e. The zero-order valence-corrected chi connectivity index (χ0v) is 19.6. The Morgan fingerprint density at radius 2 is 1.62 bits per heavy atom. The Bertz CT molecular complexity index is 1300. The first-order chi connectivity index (χ1) is 16.2. The van der Waals surface area contributed by atoms with Crippen molar-refractivity contribution in [2.75, 3.05) is 0 Å². The van der Waals surface area contributed by atoms with E-state index in [-0.39, 0.29) is 6.61 Å². The van der Waals surface area contributed by atoms with Crippen LogP contribution in [0.4, 0.5) is 0 Å². The molecule has 0 amide bonds. The average molecular weight is 458 g/mol. The quantitative estimate of drug-likeness (QED) is 0.383. The van der Waals surface area contributed by atoms with E-state index in [0.717, 1.165) is 33.8 Å². The standard InChI is InChI=1S/C27H27N3O4/c1-18-16-23(14-15-25(18)34-27(3,4)26(31)32)33-17-24-19(2)28-30(29-24)22-12-10-21(11-13-22)20-8-6-5-7-9-20/h5-16H,17H2,1-4H3,(H,31,32). The number of carboxylic acids is 1. The first kappa shape index (κ1) is 23.0. The molecule has 4 aromatic rings. The summed E-state index contributed by atoms with van der Waals surface area (Å²) < 4.78 is 11.6. The average Bonchev–Trinajstić information content (AvgIpc) is 3.20. The lowest BCUT2D eigenvalue weighted by Crippen LogP contribution is -2.38. The van der Waals surface area contributed by atoms with E-state index in [1.54, 1.807) is 16.9 Å². The van der Waals surface area contributed by atoms with E-state index in [1.165, 1.54) is 13.8 Å². The maximum absolute atomic E-state index is 11.3. The lowest BCUT2D eigenvalue weighted by atomic mass is 10.1. The number of rotatable bonds is 8. The third-order valence-corrected chi connectivity index (χ3v) is 5.49. The Balaban J connectivity index is 1.43. The molecule has 4 rings (SSSR count). The minimum Gasteiger partial charge on any atom is -0.487 e. The van der Waals surface area contributed by atoms with Gasteiger partial charge in [0.2, 0.25) is 0 Å². The first-order valence-corrected chi connectivity index (χ1v) is 11.0. The molecule has 0 aliphatic heterocycles. The van der Waals surface area contributed by atoms with Crippen LogP contribution in [0.15, 0.2) is 72.8 Å². The molecule has 3 aromatic carbocycles. The molecule has 0 bridgehead atoms. The van der Waals surface area contributed by atoms with Crippen LogP contribution in [-0.4, -0.2) is 31.7 Å². The number of carboxylic acid groups (broad SMARTS) is 1. The minimum absolute atomic E-state index is 0.258. The van der Waals surface area contributed by atoms with Crippen molar-refractivity contribution in [2.24, 2.45) is 0 Å².